The zero-order chi connectivity index (χ0) is 2.00. The van der Waals surface area contributed by atoms with E-state index in [9.17, 15) is 0 Å². The van der Waals surface area contributed by atoms with Gasteiger partial charge < -0.3 is 0 Å². The van der Waals surface area contributed by atoms with Crippen molar-refractivity contribution in [3.05, 3.63) is 0 Å². The maximum absolute atomic E-state index is 8.36. The van der Waals surface area contributed by atoms with Crippen LogP contribution in [0.3, 0.4) is 0 Å². The van der Waals surface area contributed by atoms with Gasteiger partial charge >= 0.3 is 27.5 Å². The van der Waals surface area contributed by atoms with Crippen LogP contribution in [0.25, 0.3) is 0 Å². The number of rotatable bonds is 0. The Labute approximate surface area is 61.7 Å². The molecule has 0 saturated heterocycles. The summed E-state index contributed by atoms with van der Waals surface area (Å²) in [5.41, 5.74) is 0. The molecule has 0 N–H and O–H groups in total. The van der Waals surface area contributed by atoms with Crippen LogP contribution in [0, 0.1) is 0 Å². The van der Waals surface area contributed by atoms with Crippen molar-refractivity contribution >= 4 is 37.1 Å². The van der Waals surface area contributed by atoms with Gasteiger partial charge in [-0.3, -0.25) is 0 Å². The molecule has 30 valence electrons. The first kappa shape index (κ1) is 17.2. The number of hydrogen-bond donors (Lipinski definition) is 0. The molecule has 0 aliphatic rings. The van der Waals surface area contributed by atoms with Crippen LogP contribution in [0.2, 0.25) is 0 Å². The van der Waals surface area contributed by atoms with E-state index in [0.717, 1.165) is 0 Å². The Bertz CT molecular complexity index is 8.00. The summed E-state index contributed by atoms with van der Waals surface area (Å²) in [6.45, 7) is 0. The monoisotopic (exact) mass is 458 g/mol. The van der Waals surface area contributed by atoms with Crippen molar-refractivity contribution in [2.24, 2.45) is 0 Å². The van der Waals surface area contributed by atoms with E-state index < -0.39 is 0 Å². The Kier molecular flexibility index (Phi) is 95.4. The Morgan fingerprint density at radius 1 is 1.25 bits per heavy atom. The third-order valence-corrected chi connectivity index (χ3v) is 0. The van der Waals surface area contributed by atoms with Crippen molar-refractivity contribution in [2.45, 2.75) is 0 Å². The SMILES string of the molecule is Cl.[Au].[O]=[Bi]. The van der Waals surface area contributed by atoms with Gasteiger partial charge in [0.05, 0.1) is 0 Å². The van der Waals surface area contributed by atoms with Gasteiger partial charge in [0, 0.05) is 22.4 Å². The average molecular weight is 458 g/mol. The van der Waals surface area contributed by atoms with Crippen LogP contribution in [0.15, 0.2) is 0 Å². The van der Waals surface area contributed by atoms with Gasteiger partial charge in [0.15, 0.2) is 0 Å². The van der Waals surface area contributed by atoms with Crippen molar-refractivity contribution in [2.75, 3.05) is 0 Å². The molecule has 1 nitrogen and oxygen atoms in total. The molecular formula is HAuBiClO. The van der Waals surface area contributed by atoms with Gasteiger partial charge in [0.2, 0.25) is 0 Å². The zero-order valence-corrected chi connectivity index (χ0v) is 8.03. The fourth-order valence-corrected chi connectivity index (χ4v) is 0. The van der Waals surface area contributed by atoms with Crippen LogP contribution in [0.1, 0.15) is 0 Å². The molecule has 0 heterocycles. The van der Waals surface area contributed by atoms with E-state index in [1.807, 2.05) is 0 Å². The maximum atomic E-state index is 8.36. The Balaban J connectivity index is -0.00000000500. The second kappa shape index (κ2) is 22.1. The fraction of sp³-hybridized carbons (Fsp3) is 0. The van der Waals surface area contributed by atoms with Crippen molar-refractivity contribution in [3.8, 4) is 0 Å². The van der Waals surface area contributed by atoms with Crippen molar-refractivity contribution in [1.29, 1.82) is 0 Å². The van der Waals surface area contributed by atoms with Gasteiger partial charge in [0.1, 0.15) is 0 Å². The number of hydrogen-bond acceptors (Lipinski definition) is 1. The average Bonchev–Trinajstić information content (AvgIpc) is 1.00. The topological polar surface area (TPSA) is 17.1 Å². The molecule has 0 fully saturated rings. The van der Waals surface area contributed by atoms with Gasteiger partial charge in [-0.15, -0.1) is 12.4 Å². The minimum atomic E-state index is 0. The van der Waals surface area contributed by atoms with Gasteiger partial charge in [-0.25, -0.2) is 0 Å². The van der Waals surface area contributed by atoms with E-state index >= 15 is 0 Å². The molecule has 4 heavy (non-hydrogen) atoms. The Morgan fingerprint density at radius 3 is 1.25 bits per heavy atom. The van der Waals surface area contributed by atoms with Crippen LogP contribution < -0.4 is 0 Å². The van der Waals surface area contributed by atoms with E-state index in [2.05, 4.69) is 0 Å². The number of halogens is 1. The second-order valence-electron chi connectivity index (χ2n) is 0. The van der Waals surface area contributed by atoms with Crippen molar-refractivity contribution in [3.63, 3.8) is 0 Å². The summed E-state index contributed by atoms with van der Waals surface area (Å²) in [6, 6.07) is 0. The quantitative estimate of drug-likeness (QED) is 0.465. The van der Waals surface area contributed by atoms with E-state index in [1.54, 1.807) is 0 Å². The van der Waals surface area contributed by atoms with E-state index in [0.29, 0.717) is 0 Å². The third kappa shape index (κ3) is 9.31. The molecule has 0 unspecified atom stereocenters. The molecule has 0 rings (SSSR count). The van der Waals surface area contributed by atoms with Crippen LogP contribution >= 0.6 is 12.4 Å². The standard InChI is InChI=1S/Au.Bi.ClH.O/h;;1H;. The fourth-order valence-electron chi connectivity index (χ4n) is 0. The molecule has 0 atom stereocenters. The van der Waals surface area contributed by atoms with Gasteiger partial charge in [0.25, 0.3) is 0 Å². The molecule has 0 spiro atoms. The molecule has 0 aromatic heterocycles. The van der Waals surface area contributed by atoms with Crippen LogP contribution in [0.5, 0.6) is 0 Å². The molecule has 0 aliphatic heterocycles. The molecule has 0 aliphatic carbocycles. The summed E-state index contributed by atoms with van der Waals surface area (Å²) in [5.74, 6) is 0. The summed E-state index contributed by atoms with van der Waals surface area (Å²) in [5, 5.41) is 0. The predicted octanol–water partition coefficient (Wildman–Crippen LogP) is -0.0803. The predicted molar refractivity (Wildman–Crippen MR) is 13.7 cm³/mol. The first-order chi connectivity index (χ1) is 1.00. The summed E-state index contributed by atoms with van der Waals surface area (Å²) in [4.78, 5) is 0. The third-order valence-electron chi connectivity index (χ3n) is 0. The van der Waals surface area contributed by atoms with Crippen LogP contribution in [-0.4, -0.2) is 24.7 Å². The molecule has 0 bridgehead atoms. The minimum absolute atomic E-state index is 0. The molecular weight excluding hydrogens is 457 g/mol. The van der Waals surface area contributed by atoms with Crippen molar-refractivity contribution < 1.29 is 25.2 Å². The van der Waals surface area contributed by atoms with Crippen LogP contribution in [0.4, 0.5) is 0 Å². The zero-order valence-electron chi connectivity index (χ0n) is 1.57. The normalized spacial score (nSPS) is 1.00. The summed E-state index contributed by atoms with van der Waals surface area (Å²) in [6.07, 6.45) is 0. The van der Waals surface area contributed by atoms with E-state index in [-0.39, 0.29) is 59.5 Å². The summed E-state index contributed by atoms with van der Waals surface area (Å²) < 4.78 is 8.36. The van der Waals surface area contributed by atoms with E-state index in [1.165, 1.54) is 0 Å². The second-order valence-corrected chi connectivity index (χ2v) is 0. The Hall–Kier alpha value is 1.71. The molecule has 0 amide bonds. The molecule has 2 radical (unpaired) electrons. The van der Waals surface area contributed by atoms with Gasteiger partial charge in [-0.05, 0) is 0 Å². The Morgan fingerprint density at radius 2 is 1.25 bits per heavy atom. The summed E-state index contributed by atoms with van der Waals surface area (Å²) in [7, 11) is 0. The first-order valence-electron chi connectivity index (χ1n) is 0.183. The van der Waals surface area contributed by atoms with Gasteiger partial charge in [-0.2, -0.15) is 0 Å². The van der Waals surface area contributed by atoms with Crippen molar-refractivity contribution in [1.82, 2.24) is 0 Å². The summed E-state index contributed by atoms with van der Waals surface area (Å²) >= 11 is 0.194. The molecule has 0 aromatic carbocycles. The molecule has 4 heteroatoms. The molecule has 0 aromatic rings. The first-order valence-corrected chi connectivity index (χ1v) is 1.60. The molecule has 0 saturated carbocycles. The van der Waals surface area contributed by atoms with E-state index in [4.69, 9.17) is 2.81 Å². The van der Waals surface area contributed by atoms with Gasteiger partial charge in [-0.1, -0.05) is 0 Å². The van der Waals surface area contributed by atoms with Crippen LogP contribution in [-0.2, 0) is 25.2 Å².